The maximum Gasteiger partial charge on any atom is 0.0595 e. The molecule has 0 saturated heterocycles. The van der Waals surface area contributed by atoms with E-state index in [1.165, 1.54) is 31.2 Å². The van der Waals surface area contributed by atoms with Gasteiger partial charge in [-0.25, -0.2) is 0 Å². The fraction of sp³-hybridized carbons (Fsp3) is 0.667. The maximum absolute atomic E-state index is 6.13. The number of benzene rings is 1. The first-order valence-electron chi connectivity index (χ1n) is 8.12. The zero-order chi connectivity index (χ0) is 15.4. The minimum Gasteiger partial charge on any atom is -0.316 e. The molecule has 1 fully saturated rings. The molecular weight excluding hydrogens is 301 g/mol. The van der Waals surface area contributed by atoms with Crippen LogP contribution in [-0.2, 0) is 6.42 Å². The molecule has 1 aromatic carbocycles. The molecule has 2 rings (SSSR count). The molecule has 1 atom stereocenters. The first-order valence-corrected chi connectivity index (χ1v) is 8.88. The topological polar surface area (TPSA) is 12.0 Å². The molecular formula is C18H27Cl2N. The van der Waals surface area contributed by atoms with Gasteiger partial charge < -0.3 is 5.32 Å². The van der Waals surface area contributed by atoms with Gasteiger partial charge in [0, 0.05) is 6.04 Å². The minimum absolute atomic E-state index is 0.537. The van der Waals surface area contributed by atoms with E-state index in [4.69, 9.17) is 23.2 Å². The standard InChI is InChI=1S/C18H27Cl2N/c1-12(2)14-5-7-15(8-6-14)18(21-3)11-13-4-9-16(19)17(20)10-13/h4,9-10,12,14-15,18,21H,5-8,11H2,1-3H3. The van der Waals surface area contributed by atoms with Crippen LogP contribution >= 0.6 is 23.2 Å². The fourth-order valence-electron chi connectivity index (χ4n) is 3.64. The van der Waals surface area contributed by atoms with Crippen LogP contribution < -0.4 is 5.32 Å². The predicted molar refractivity (Wildman–Crippen MR) is 93.3 cm³/mol. The van der Waals surface area contributed by atoms with Gasteiger partial charge in [-0.15, -0.1) is 0 Å². The first kappa shape index (κ1) is 17.1. The summed E-state index contributed by atoms with van der Waals surface area (Å²) in [5.74, 6) is 2.53. The molecule has 0 bridgehead atoms. The average Bonchev–Trinajstić information content (AvgIpc) is 2.48. The maximum atomic E-state index is 6.13. The van der Waals surface area contributed by atoms with Crippen LogP contribution in [0.2, 0.25) is 10.0 Å². The smallest absolute Gasteiger partial charge is 0.0595 e. The van der Waals surface area contributed by atoms with E-state index >= 15 is 0 Å². The lowest BCUT2D eigenvalue weighted by Crippen LogP contribution is -2.38. The van der Waals surface area contributed by atoms with Crippen LogP contribution in [0, 0.1) is 17.8 Å². The third kappa shape index (κ3) is 4.61. The zero-order valence-corrected chi connectivity index (χ0v) is 14.8. The fourth-order valence-corrected chi connectivity index (χ4v) is 3.96. The highest BCUT2D eigenvalue weighted by atomic mass is 35.5. The van der Waals surface area contributed by atoms with E-state index < -0.39 is 0 Å². The summed E-state index contributed by atoms with van der Waals surface area (Å²) in [7, 11) is 2.08. The van der Waals surface area contributed by atoms with E-state index in [1.807, 2.05) is 12.1 Å². The van der Waals surface area contributed by atoms with Crippen LogP contribution in [0.3, 0.4) is 0 Å². The van der Waals surface area contributed by atoms with Crippen molar-refractivity contribution in [3.8, 4) is 0 Å². The van der Waals surface area contributed by atoms with Gasteiger partial charge in [-0.1, -0.05) is 43.1 Å². The molecule has 1 aliphatic carbocycles. The molecule has 3 heteroatoms. The second-order valence-corrected chi connectivity index (χ2v) is 7.58. The van der Waals surface area contributed by atoms with Crippen LogP contribution in [0.5, 0.6) is 0 Å². The summed E-state index contributed by atoms with van der Waals surface area (Å²) in [5, 5.41) is 4.82. The molecule has 0 spiro atoms. The monoisotopic (exact) mass is 327 g/mol. The Hall–Kier alpha value is -0.240. The molecule has 1 N–H and O–H groups in total. The number of rotatable bonds is 5. The molecule has 0 aromatic heterocycles. The summed E-state index contributed by atoms with van der Waals surface area (Å²) in [6, 6.07) is 6.55. The molecule has 1 nitrogen and oxygen atoms in total. The summed E-state index contributed by atoms with van der Waals surface area (Å²) >= 11 is 12.1. The third-order valence-corrected chi connectivity index (χ3v) is 5.88. The Morgan fingerprint density at radius 3 is 2.19 bits per heavy atom. The highest BCUT2D eigenvalue weighted by Crippen LogP contribution is 2.35. The third-order valence-electron chi connectivity index (χ3n) is 5.14. The SMILES string of the molecule is CNC(Cc1ccc(Cl)c(Cl)c1)C1CCC(C(C)C)CC1. The molecule has 21 heavy (non-hydrogen) atoms. The summed E-state index contributed by atoms with van der Waals surface area (Å²) in [6.07, 6.45) is 6.47. The van der Waals surface area contributed by atoms with Gasteiger partial charge in [0.15, 0.2) is 0 Å². The Kier molecular flexibility index (Phi) is 6.40. The highest BCUT2D eigenvalue weighted by molar-refractivity contribution is 6.42. The van der Waals surface area contributed by atoms with Crippen LogP contribution in [-0.4, -0.2) is 13.1 Å². The van der Waals surface area contributed by atoms with Crippen molar-refractivity contribution in [2.75, 3.05) is 7.05 Å². The van der Waals surface area contributed by atoms with E-state index in [9.17, 15) is 0 Å². The average molecular weight is 328 g/mol. The Labute approximate surface area is 139 Å². The van der Waals surface area contributed by atoms with Crippen LogP contribution in [0.4, 0.5) is 0 Å². The van der Waals surface area contributed by atoms with E-state index in [0.29, 0.717) is 16.1 Å². The molecule has 1 unspecified atom stereocenters. The van der Waals surface area contributed by atoms with Crippen molar-refractivity contribution >= 4 is 23.2 Å². The van der Waals surface area contributed by atoms with Crippen molar-refractivity contribution in [3.05, 3.63) is 33.8 Å². The molecule has 1 aromatic rings. The van der Waals surface area contributed by atoms with Crippen molar-refractivity contribution in [2.24, 2.45) is 17.8 Å². The Morgan fingerprint density at radius 1 is 1.05 bits per heavy atom. The lowest BCUT2D eigenvalue weighted by atomic mass is 9.73. The van der Waals surface area contributed by atoms with Gasteiger partial charge in [0.2, 0.25) is 0 Å². The van der Waals surface area contributed by atoms with Gasteiger partial charge in [-0.05, 0) is 74.6 Å². The summed E-state index contributed by atoms with van der Waals surface area (Å²) in [4.78, 5) is 0. The second-order valence-electron chi connectivity index (χ2n) is 6.77. The van der Waals surface area contributed by atoms with Crippen molar-refractivity contribution in [1.29, 1.82) is 0 Å². The molecule has 1 aliphatic rings. The summed E-state index contributed by atoms with van der Waals surface area (Å²) in [6.45, 7) is 4.71. The Balaban J connectivity index is 1.95. The van der Waals surface area contributed by atoms with Crippen molar-refractivity contribution in [2.45, 2.75) is 52.0 Å². The quantitative estimate of drug-likeness (QED) is 0.743. The van der Waals surface area contributed by atoms with Gasteiger partial charge in [0.05, 0.1) is 10.0 Å². The van der Waals surface area contributed by atoms with Crippen LogP contribution in [0.1, 0.15) is 45.1 Å². The van der Waals surface area contributed by atoms with Gasteiger partial charge in [0.25, 0.3) is 0 Å². The van der Waals surface area contributed by atoms with Crippen LogP contribution in [0.25, 0.3) is 0 Å². The lowest BCUT2D eigenvalue weighted by Gasteiger charge is -2.35. The van der Waals surface area contributed by atoms with Gasteiger partial charge in [-0.3, -0.25) is 0 Å². The molecule has 0 radical (unpaired) electrons. The number of nitrogens with one attached hydrogen (secondary N) is 1. The zero-order valence-electron chi connectivity index (χ0n) is 13.3. The Bertz CT molecular complexity index is 451. The Morgan fingerprint density at radius 2 is 1.67 bits per heavy atom. The van der Waals surface area contributed by atoms with E-state index in [0.717, 1.165) is 24.2 Å². The largest absolute Gasteiger partial charge is 0.316 e. The van der Waals surface area contributed by atoms with E-state index in [2.05, 4.69) is 32.3 Å². The van der Waals surface area contributed by atoms with Gasteiger partial charge in [0.1, 0.15) is 0 Å². The molecule has 118 valence electrons. The van der Waals surface area contributed by atoms with Crippen molar-refractivity contribution in [3.63, 3.8) is 0 Å². The van der Waals surface area contributed by atoms with Gasteiger partial charge in [-0.2, -0.15) is 0 Å². The van der Waals surface area contributed by atoms with Crippen LogP contribution in [0.15, 0.2) is 18.2 Å². The normalized spacial score (nSPS) is 24.3. The predicted octanol–water partition coefficient (Wildman–Crippen LogP) is 5.59. The number of hydrogen-bond donors (Lipinski definition) is 1. The number of halogens is 2. The number of likely N-dealkylation sites (N-methyl/N-ethyl adjacent to an activating group) is 1. The molecule has 0 heterocycles. The number of hydrogen-bond acceptors (Lipinski definition) is 1. The van der Waals surface area contributed by atoms with Gasteiger partial charge >= 0.3 is 0 Å². The summed E-state index contributed by atoms with van der Waals surface area (Å²) < 4.78 is 0. The molecule has 0 amide bonds. The lowest BCUT2D eigenvalue weighted by molar-refractivity contribution is 0.191. The summed E-state index contributed by atoms with van der Waals surface area (Å²) in [5.41, 5.74) is 1.27. The highest BCUT2D eigenvalue weighted by Gasteiger charge is 2.28. The second kappa shape index (κ2) is 7.85. The minimum atomic E-state index is 0.537. The van der Waals surface area contributed by atoms with Crippen molar-refractivity contribution in [1.82, 2.24) is 5.32 Å². The van der Waals surface area contributed by atoms with E-state index in [-0.39, 0.29) is 0 Å². The van der Waals surface area contributed by atoms with Crippen molar-refractivity contribution < 1.29 is 0 Å². The van der Waals surface area contributed by atoms with E-state index in [1.54, 1.807) is 0 Å². The first-order chi connectivity index (χ1) is 10.0. The molecule has 0 aliphatic heterocycles. The molecule has 1 saturated carbocycles.